The molecule has 12 rings (SSSR count). The quantitative estimate of drug-likeness (QED) is 0.123. The fourth-order valence-electron chi connectivity index (χ4n) is 9.54. The highest BCUT2D eigenvalue weighted by atomic mass is 16.3. The van der Waals surface area contributed by atoms with Gasteiger partial charge < -0.3 is 14.8 Å². The smallest absolute Gasteiger partial charge is 0.238 e. The SMILES string of the molecule is [B]c1c([B])c(O)c(-c2ccc(-c3ccccc3)c(-n3c4ccccc4c4ccc5c6ccccc6n(-c6nc(-c7ccccc7)nc(-c7cccc(-c8ccccc8)c7)n6)c5c43)c2)c([B])c1O. The number of aromatic nitrogens is 5. The van der Waals surface area contributed by atoms with Crippen LogP contribution in [0.5, 0.6) is 11.5 Å². The van der Waals surface area contributed by atoms with Crippen LogP contribution in [-0.2, 0) is 0 Å². The third-order valence-corrected chi connectivity index (χ3v) is 12.7. The summed E-state index contributed by atoms with van der Waals surface area (Å²) in [5, 5.41) is 26.6. The maximum Gasteiger partial charge on any atom is 0.238 e. The van der Waals surface area contributed by atoms with E-state index >= 15 is 0 Å². The molecule has 10 heteroatoms. The van der Waals surface area contributed by atoms with E-state index in [-0.39, 0.29) is 33.5 Å². The Bertz CT molecular complexity index is 3900. The number of hydrogen-bond donors (Lipinski definition) is 2. The Balaban J connectivity index is 1.22. The molecule has 0 aliphatic heterocycles. The van der Waals surface area contributed by atoms with Gasteiger partial charge in [-0.2, -0.15) is 9.97 Å². The van der Waals surface area contributed by atoms with Gasteiger partial charge in [0.1, 0.15) is 35.0 Å². The molecule has 12 aromatic rings. The summed E-state index contributed by atoms with van der Waals surface area (Å²) in [6.07, 6.45) is 0. The van der Waals surface area contributed by atoms with Crippen LogP contribution in [0.1, 0.15) is 0 Å². The lowest BCUT2D eigenvalue weighted by atomic mass is 9.72. The Hall–Kier alpha value is -8.62. The van der Waals surface area contributed by atoms with Crippen molar-refractivity contribution in [2.75, 3.05) is 0 Å². The Kier molecular flexibility index (Phi) is 9.43. The summed E-state index contributed by atoms with van der Waals surface area (Å²) in [5.41, 5.74) is 10.4. The fourth-order valence-corrected chi connectivity index (χ4v) is 9.54. The predicted molar refractivity (Wildman–Crippen MR) is 275 cm³/mol. The summed E-state index contributed by atoms with van der Waals surface area (Å²) < 4.78 is 4.43. The van der Waals surface area contributed by atoms with Crippen molar-refractivity contribution in [2.45, 2.75) is 0 Å². The molecule has 3 heterocycles. The highest BCUT2D eigenvalue weighted by molar-refractivity contribution is 6.54. The van der Waals surface area contributed by atoms with Gasteiger partial charge in [0.25, 0.3) is 0 Å². The number of benzene rings is 9. The van der Waals surface area contributed by atoms with Crippen LogP contribution in [0.15, 0.2) is 194 Å². The molecule has 3 aromatic heterocycles. The summed E-state index contributed by atoms with van der Waals surface area (Å²) in [4.78, 5) is 15.8. The molecule has 0 aliphatic rings. The molecule has 67 heavy (non-hydrogen) atoms. The van der Waals surface area contributed by atoms with E-state index in [9.17, 15) is 10.2 Å². The van der Waals surface area contributed by atoms with Crippen molar-refractivity contribution in [1.82, 2.24) is 24.1 Å². The number of phenolic OH excluding ortho intramolecular Hbond substituents is 2. The van der Waals surface area contributed by atoms with Crippen LogP contribution >= 0.6 is 0 Å². The molecule has 308 valence electrons. The van der Waals surface area contributed by atoms with Gasteiger partial charge in [-0.3, -0.25) is 4.57 Å². The van der Waals surface area contributed by atoms with E-state index in [1.807, 2.05) is 115 Å². The van der Waals surface area contributed by atoms with Crippen LogP contribution in [0.4, 0.5) is 0 Å². The second-order valence-electron chi connectivity index (χ2n) is 16.6. The van der Waals surface area contributed by atoms with Gasteiger partial charge in [-0.1, -0.05) is 181 Å². The molecular weight excluding hydrogens is 819 g/mol. The predicted octanol–water partition coefficient (Wildman–Crippen LogP) is 10.2. The first-order chi connectivity index (χ1) is 32.8. The first-order valence-electron chi connectivity index (χ1n) is 21.9. The van der Waals surface area contributed by atoms with Crippen LogP contribution in [0.2, 0.25) is 0 Å². The maximum absolute atomic E-state index is 11.5. The summed E-state index contributed by atoms with van der Waals surface area (Å²) in [6, 6.07) is 65.6. The Morgan fingerprint density at radius 2 is 0.866 bits per heavy atom. The standard InChI is InChI=1S/C57H34B3N5O2/c58-48-47(53(66)49(59)50(60)54(48)67)37-27-28-39(34-17-6-2-7-18-34)46(32-37)64-44-25-12-10-23-40(44)42-29-30-43-41-24-11-13-26-45(41)65(52(43)51(42)64)57-62-55(35-19-8-3-9-20-35)61-56(63-57)38-22-14-21-36(31-38)33-15-4-1-5-16-33/h1-32,66-67H. The number of hydrogen-bond acceptors (Lipinski definition) is 5. The number of rotatable bonds is 7. The maximum atomic E-state index is 11.5. The molecule has 9 aromatic carbocycles. The van der Waals surface area contributed by atoms with Crippen LogP contribution in [-0.4, -0.2) is 57.8 Å². The van der Waals surface area contributed by atoms with Gasteiger partial charge >= 0.3 is 0 Å². The van der Waals surface area contributed by atoms with Crippen LogP contribution in [0.25, 0.3) is 111 Å². The van der Waals surface area contributed by atoms with E-state index in [2.05, 4.69) is 88.0 Å². The molecule has 0 saturated carbocycles. The zero-order valence-corrected chi connectivity index (χ0v) is 35.8. The number of aromatic hydroxyl groups is 2. The largest absolute Gasteiger partial charge is 0.509 e. The van der Waals surface area contributed by atoms with Gasteiger partial charge in [0.05, 0.1) is 27.8 Å². The monoisotopic (exact) mass is 853 g/mol. The van der Waals surface area contributed by atoms with Gasteiger partial charge in [-0.05, 0) is 52.0 Å². The average Bonchev–Trinajstić information content (AvgIpc) is 3.91. The van der Waals surface area contributed by atoms with Crippen molar-refractivity contribution < 1.29 is 10.2 Å². The molecule has 0 amide bonds. The van der Waals surface area contributed by atoms with Crippen LogP contribution < -0.4 is 16.4 Å². The van der Waals surface area contributed by atoms with Crippen molar-refractivity contribution in [2.24, 2.45) is 0 Å². The Labute approximate surface area is 389 Å². The zero-order chi connectivity index (χ0) is 45.3. The lowest BCUT2D eigenvalue weighted by molar-refractivity contribution is 0.472. The molecule has 0 atom stereocenters. The number of fused-ring (bicyclic) bond motifs is 7. The highest BCUT2D eigenvalue weighted by Gasteiger charge is 2.26. The topological polar surface area (TPSA) is 89.0 Å². The molecule has 0 saturated heterocycles. The minimum atomic E-state index is -0.388. The van der Waals surface area contributed by atoms with Crippen molar-refractivity contribution >= 4 is 83.5 Å². The van der Waals surface area contributed by atoms with E-state index < -0.39 is 0 Å². The van der Waals surface area contributed by atoms with Gasteiger partial charge in [-0.15, -0.1) is 0 Å². The van der Waals surface area contributed by atoms with Crippen molar-refractivity contribution in [3.63, 3.8) is 0 Å². The minimum absolute atomic E-state index is 0.0819. The normalized spacial score (nSPS) is 11.6. The van der Waals surface area contributed by atoms with Crippen molar-refractivity contribution in [1.29, 1.82) is 0 Å². The van der Waals surface area contributed by atoms with E-state index in [1.165, 1.54) is 0 Å². The van der Waals surface area contributed by atoms with E-state index in [4.69, 9.17) is 38.5 Å². The van der Waals surface area contributed by atoms with Gasteiger partial charge in [0.2, 0.25) is 5.95 Å². The molecule has 0 aliphatic carbocycles. The molecular formula is C57H34B3N5O2. The summed E-state index contributed by atoms with van der Waals surface area (Å²) in [5.74, 6) is 0.812. The summed E-state index contributed by atoms with van der Waals surface area (Å²) in [7, 11) is 18.9. The molecule has 0 fully saturated rings. The van der Waals surface area contributed by atoms with Gasteiger partial charge in [-0.25, -0.2) is 4.98 Å². The third-order valence-electron chi connectivity index (χ3n) is 12.7. The Morgan fingerprint density at radius 1 is 0.358 bits per heavy atom. The molecule has 6 radical (unpaired) electrons. The van der Waals surface area contributed by atoms with E-state index in [0.717, 1.165) is 82.7 Å². The minimum Gasteiger partial charge on any atom is -0.509 e. The third kappa shape index (κ3) is 6.44. The number of nitrogens with zero attached hydrogens (tertiary/aromatic N) is 5. The van der Waals surface area contributed by atoms with Crippen LogP contribution in [0, 0.1) is 0 Å². The lowest BCUT2D eigenvalue weighted by Crippen LogP contribution is -2.32. The molecule has 2 N–H and O–H groups in total. The second kappa shape index (κ2) is 15.8. The first kappa shape index (κ1) is 39.9. The fraction of sp³-hybridized carbons (Fsp3) is 0. The molecule has 0 unspecified atom stereocenters. The molecule has 7 nitrogen and oxygen atoms in total. The summed E-state index contributed by atoms with van der Waals surface area (Å²) >= 11 is 0. The van der Waals surface area contributed by atoms with Crippen molar-refractivity contribution in [3.05, 3.63) is 194 Å². The second-order valence-corrected chi connectivity index (χ2v) is 16.6. The average molecular weight is 853 g/mol. The van der Waals surface area contributed by atoms with Crippen LogP contribution in [0.3, 0.4) is 0 Å². The first-order valence-corrected chi connectivity index (χ1v) is 21.9. The highest BCUT2D eigenvalue weighted by Crippen LogP contribution is 2.44. The number of phenols is 2. The number of para-hydroxylation sites is 2. The zero-order valence-electron chi connectivity index (χ0n) is 35.8. The molecule has 0 bridgehead atoms. The van der Waals surface area contributed by atoms with E-state index in [1.54, 1.807) is 0 Å². The summed E-state index contributed by atoms with van der Waals surface area (Å²) in [6.45, 7) is 0. The lowest BCUT2D eigenvalue weighted by Gasteiger charge is -2.20. The van der Waals surface area contributed by atoms with Crippen molar-refractivity contribution in [3.8, 4) is 79.3 Å². The Morgan fingerprint density at radius 3 is 1.52 bits per heavy atom. The van der Waals surface area contributed by atoms with E-state index in [0.29, 0.717) is 23.2 Å². The molecule has 0 spiro atoms. The van der Waals surface area contributed by atoms with Gasteiger partial charge in [0.15, 0.2) is 11.6 Å². The van der Waals surface area contributed by atoms with Gasteiger partial charge in [0, 0.05) is 43.8 Å².